The molecule has 0 spiro atoms. The predicted molar refractivity (Wildman–Crippen MR) is 74.8 cm³/mol. The zero-order valence-corrected chi connectivity index (χ0v) is 11.1. The van der Waals surface area contributed by atoms with Crippen LogP contribution in [0.5, 0.6) is 0 Å². The van der Waals surface area contributed by atoms with Crippen LogP contribution >= 0.6 is 0 Å². The highest BCUT2D eigenvalue weighted by Crippen LogP contribution is 2.27. The van der Waals surface area contributed by atoms with Crippen LogP contribution < -0.4 is 16.4 Å². The van der Waals surface area contributed by atoms with Gasteiger partial charge in [-0.15, -0.1) is 0 Å². The summed E-state index contributed by atoms with van der Waals surface area (Å²) in [7, 11) is 0. The van der Waals surface area contributed by atoms with Crippen molar-refractivity contribution >= 4 is 11.7 Å². The number of anilines is 1. The van der Waals surface area contributed by atoms with Crippen molar-refractivity contribution in [2.45, 2.75) is 31.9 Å². The highest BCUT2D eigenvalue weighted by atomic mass is 16.3. The number of hydrogen-bond donors (Lipinski definition) is 4. The Bertz CT molecular complexity index is 427. The molecule has 0 bridgehead atoms. The van der Waals surface area contributed by atoms with E-state index in [-0.39, 0.29) is 12.1 Å². The van der Waals surface area contributed by atoms with Gasteiger partial charge in [0.15, 0.2) is 0 Å². The van der Waals surface area contributed by atoms with Crippen molar-refractivity contribution in [3.63, 3.8) is 0 Å². The average molecular weight is 263 g/mol. The van der Waals surface area contributed by atoms with Gasteiger partial charge in [0.05, 0.1) is 6.10 Å². The maximum Gasteiger partial charge on any atom is 0.316 e. The Morgan fingerprint density at radius 3 is 2.58 bits per heavy atom. The van der Waals surface area contributed by atoms with E-state index in [1.165, 1.54) is 0 Å². The summed E-state index contributed by atoms with van der Waals surface area (Å²) in [4.78, 5) is 10.7. The zero-order valence-electron chi connectivity index (χ0n) is 11.1. The van der Waals surface area contributed by atoms with E-state index in [0.717, 1.165) is 24.9 Å². The van der Waals surface area contributed by atoms with Crippen molar-refractivity contribution < 1.29 is 9.90 Å². The van der Waals surface area contributed by atoms with Crippen LogP contribution in [0.3, 0.4) is 0 Å². The quantitative estimate of drug-likeness (QED) is 0.650. The van der Waals surface area contributed by atoms with Gasteiger partial charge in [-0.05, 0) is 49.9 Å². The average Bonchev–Trinajstić information content (AvgIpc) is 2.33. The number of hydrogen-bond acceptors (Lipinski definition) is 3. The summed E-state index contributed by atoms with van der Waals surface area (Å²) in [5, 5.41) is 15.2. The van der Waals surface area contributed by atoms with Crippen LogP contribution in [0.25, 0.3) is 0 Å². The normalized spacial score (nSPS) is 23.5. The Balaban J connectivity index is 1.81. The fraction of sp³-hybridized carbons (Fsp3) is 0.500. The molecule has 1 unspecified atom stereocenters. The first kappa shape index (κ1) is 13.8. The minimum absolute atomic E-state index is 0.0961. The molecule has 1 aromatic rings. The van der Waals surface area contributed by atoms with Crippen molar-refractivity contribution in [2.24, 2.45) is 11.7 Å². The maximum absolute atomic E-state index is 10.7. The minimum Gasteiger partial charge on any atom is -0.393 e. The second kappa shape index (κ2) is 6.04. The van der Waals surface area contributed by atoms with Crippen molar-refractivity contribution in [1.29, 1.82) is 0 Å². The van der Waals surface area contributed by atoms with Crippen LogP contribution in [0.4, 0.5) is 10.5 Å². The molecule has 1 aliphatic carbocycles. The van der Waals surface area contributed by atoms with Crippen molar-refractivity contribution in [3.8, 4) is 0 Å². The molecule has 1 aliphatic rings. The first-order chi connectivity index (χ1) is 9.04. The van der Waals surface area contributed by atoms with E-state index in [9.17, 15) is 9.90 Å². The fourth-order valence-corrected chi connectivity index (χ4v) is 2.33. The third-order valence-electron chi connectivity index (χ3n) is 3.60. The summed E-state index contributed by atoms with van der Waals surface area (Å²) >= 11 is 0. The number of primary amides is 1. The molecule has 0 saturated heterocycles. The second-order valence-corrected chi connectivity index (χ2v) is 5.23. The molecule has 5 N–H and O–H groups in total. The van der Waals surface area contributed by atoms with Crippen LogP contribution in [-0.4, -0.2) is 23.8 Å². The van der Waals surface area contributed by atoms with Crippen LogP contribution in [-0.2, 0) is 0 Å². The van der Waals surface area contributed by atoms with E-state index in [0.29, 0.717) is 11.6 Å². The zero-order chi connectivity index (χ0) is 13.8. The lowest BCUT2D eigenvalue weighted by atomic mass is 9.82. The fourth-order valence-electron chi connectivity index (χ4n) is 2.33. The van der Waals surface area contributed by atoms with Crippen molar-refractivity contribution in [3.05, 3.63) is 29.8 Å². The molecular formula is C14H21N3O2. The molecule has 1 atom stereocenters. The van der Waals surface area contributed by atoms with Crippen LogP contribution in [0.2, 0.25) is 0 Å². The van der Waals surface area contributed by atoms with Gasteiger partial charge in [0.25, 0.3) is 0 Å². The molecule has 104 valence electrons. The largest absolute Gasteiger partial charge is 0.393 e. The summed E-state index contributed by atoms with van der Waals surface area (Å²) < 4.78 is 0. The molecule has 5 heteroatoms. The first-order valence-corrected chi connectivity index (χ1v) is 6.62. The Kier molecular flexibility index (Phi) is 4.39. The summed E-state index contributed by atoms with van der Waals surface area (Å²) in [5.74, 6) is 0.591. The maximum atomic E-state index is 10.7. The van der Waals surface area contributed by atoms with Crippen LogP contribution in [0.1, 0.15) is 31.4 Å². The molecule has 1 saturated carbocycles. The highest BCUT2D eigenvalue weighted by Gasteiger charge is 2.26. The Morgan fingerprint density at radius 1 is 1.42 bits per heavy atom. The number of amides is 2. The molecule has 1 fully saturated rings. The number of carbonyl (C=O) groups is 1. The van der Waals surface area contributed by atoms with E-state index in [1.54, 1.807) is 0 Å². The van der Waals surface area contributed by atoms with Gasteiger partial charge in [0.2, 0.25) is 0 Å². The SMILES string of the molecule is CC(NCC1CC(O)C1)c1ccc(NC(N)=O)cc1. The van der Waals surface area contributed by atoms with E-state index >= 15 is 0 Å². The number of benzene rings is 1. The molecule has 0 heterocycles. The van der Waals surface area contributed by atoms with Gasteiger partial charge in [0.1, 0.15) is 0 Å². The van der Waals surface area contributed by atoms with Crippen LogP contribution in [0.15, 0.2) is 24.3 Å². The van der Waals surface area contributed by atoms with E-state index in [1.807, 2.05) is 24.3 Å². The van der Waals surface area contributed by atoms with Crippen molar-refractivity contribution in [1.82, 2.24) is 5.32 Å². The second-order valence-electron chi connectivity index (χ2n) is 5.23. The monoisotopic (exact) mass is 263 g/mol. The lowest BCUT2D eigenvalue weighted by molar-refractivity contribution is 0.0420. The smallest absolute Gasteiger partial charge is 0.316 e. The summed E-state index contributed by atoms with van der Waals surface area (Å²) in [6, 6.07) is 7.32. The number of urea groups is 1. The molecule has 5 nitrogen and oxygen atoms in total. The number of nitrogens with two attached hydrogens (primary N) is 1. The molecule has 0 aromatic heterocycles. The summed E-state index contributed by atoms with van der Waals surface area (Å²) in [5.41, 5.74) is 6.91. The van der Waals surface area contributed by atoms with Gasteiger partial charge in [-0.3, -0.25) is 0 Å². The molecule has 2 rings (SSSR count). The first-order valence-electron chi connectivity index (χ1n) is 6.62. The molecule has 2 amide bonds. The minimum atomic E-state index is -0.553. The number of nitrogens with one attached hydrogen (secondary N) is 2. The van der Waals surface area contributed by atoms with Crippen molar-refractivity contribution in [2.75, 3.05) is 11.9 Å². The van der Waals surface area contributed by atoms with Gasteiger partial charge in [-0.1, -0.05) is 12.1 Å². The predicted octanol–water partition coefficient (Wildman–Crippen LogP) is 1.60. The summed E-state index contributed by atoms with van der Waals surface area (Å²) in [6.07, 6.45) is 1.71. The molecule has 0 radical (unpaired) electrons. The van der Waals surface area contributed by atoms with Gasteiger partial charge < -0.3 is 21.5 Å². The standard InChI is InChI=1S/C14H21N3O2/c1-9(16-8-10-6-13(18)7-10)11-2-4-12(5-3-11)17-14(15)19/h2-5,9-10,13,16,18H,6-8H2,1H3,(H3,15,17,19). The lowest BCUT2D eigenvalue weighted by Crippen LogP contribution is -2.36. The van der Waals surface area contributed by atoms with Gasteiger partial charge >= 0.3 is 6.03 Å². The van der Waals surface area contributed by atoms with E-state index in [4.69, 9.17) is 5.73 Å². The molecule has 19 heavy (non-hydrogen) atoms. The van der Waals surface area contributed by atoms with E-state index in [2.05, 4.69) is 17.6 Å². The number of rotatable bonds is 5. The number of aliphatic hydroxyl groups excluding tert-OH is 1. The Morgan fingerprint density at radius 2 is 2.05 bits per heavy atom. The van der Waals surface area contributed by atoms with Gasteiger partial charge in [-0.25, -0.2) is 4.79 Å². The number of carbonyl (C=O) groups excluding carboxylic acids is 1. The van der Waals surface area contributed by atoms with Crippen LogP contribution in [0, 0.1) is 5.92 Å². The molecule has 1 aromatic carbocycles. The molecular weight excluding hydrogens is 242 g/mol. The van der Waals surface area contributed by atoms with Gasteiger partial charge in [0, 0.05) is 11.7 Å². The third-order valence-corrected chi connectivity index (χ3v) is 3.60. The Hall–Kier alpha value is -1.59. The Labute approximate surface area is 113 Å². The molecule has 0 aliphatic heterocycles. The summed E-state index contributed by atoms with van der Waals surface area (Å²) in [6.45, 7) is 3.03. The number of aliphatic hydroxyl groups is 1. The van der Waals surface area contributed by atoms with E-state index < -0.39 is 6.03 Å². The lowest BCUT2D eigenvalue weighted by Gasteiger charge is -2.32. The topological polar surface area (TPSA) is 87.4 Å². The third kappa shape index (κ3) is 3.94. The van der Waals surface area contributed by atoms with Gasteiger partial charge in [-0.2, -0.15) is 0 Å². The highest BCUT2D eigenvalue weighted by molar-refractivity contribution is 5.87.